The minimum Gasteiger partial charge on any atom is -0.361 e. The molecule has 116 valence electrons. The zero-order valence-corrected chi connectivity index (χ0v) is 13.0. The van der Waals surface area contributed by atoms with E-state index in [1.165, 1.54) is 12.8 Å². The first-order chi connectivity index (χ1) is 10.2. The highest BCUT2D eigenvalue weighted by Gasteiger charge is 2.39. The van der Waals surface area contributed by atoms with Crippen LogP contribution in [0, 0.1) is 6.92 Å². The summed E-state index contributed by atoms with van der Waals surface area (Å²) in [4.78, 5) is 16.7. The van der Waals surface area contributed by atoms with Crippen molar-refractivity contribution in [3.8, 4) is 0 Å². The van der Waals surface area contributed by atoms with Crippen LogP contribution in [-0.2, 0) is 11.3 Å². The molecular formula is C16H25N3O2. The average Bonchev–Trinajstić information content (AvgIpc) is 3.18. The van der Waals surface area contributed by atoms with Crippen molar-refractivity contribution in [3.63, 3.8) is 0 Å². The van der Waals surface area contributed by atoms with Crippen LogP contribution in [-0.4, -0.2) is 46.0 Å². The van der Waals surface area contributed by atoms with Gasteiger partial charge in [-0.1, -0.05) is 12.1 Å². The maximum absolute atomic E-state index is 12.1. The number of hydrogen-bond donors (Lipinski definition) is 0. The molecule has 2 atom stereocenters. The Kier molecular flexibility index (Phi) is 4.29. The molecule has 3 rings (SSSR count). The lowest BCUT2D eigenvalue weighted by Gasteiger charge is -2.34. The summed E-state index contributed by atoms with van der Waals surface area (Å²) >= 11 is 0. The second kappa shape index (κ2) is 6.18. The second-order valence-corrected chi connectivity index (χ2v) is 6.26. The fraction of sp³-hybridized carbons (Fsp3) is 0.750. The Morgan fingerprint density at radius 3 is 2.81 bits per heavy atom. The number of carbonyl (C=O) groups is 1. The third kappa shape index (κ3) is 2.98. The minimum absolute atomic E-state index is 0.307. The van der Waals surface area contributed by atoms with Crippen molar-refractivity contribution >= 4 is 5.91 Å². The number of aryl methyl sites for hydroxylation is 1. The van der Waals surface area contributed by atoms with Gasteiger partial charge in [-0.25, -0.2) is 0 Å². The molecule has 0 aliphatic carbocycles. The van der Waals surface area contributed by atoms with Crippen LogP contribution in [0.5, 0.6) is 0 Å². The Morgan fingerprint density at radius 1 is 1.33 bits per heavy atom. The van der Waals surface area contributed by atoms with E-state index in [4.69, 9.17) is 4.52 Å². The molecule has 5 nitrogen and oxygen atoms in total. The molecule has 2 saturated heterocycles. The van der Waals surface area contributed by atoms with E-state index in [0.717, 1.165) is 43.9 Å². The molecular weight excluding hydrogens is 266 g/mol. The zero-order chi connectivity index (χ0) is 14.8. The predicted octanol–water partition coefficient (Wildman–Crippen LogP) is 2.35. The third-order valence-corrected chi connectivity index (χ3v) is 4.82. The fourth-order valence-electron chi connectivity index (χ4n) is 3.89. The lowest BCUT2D eigenvalue weighted by Crippen LogP contribution is -2.47. The van der Waals surface area contributed by atoms with E-state index in [-0.39, 0.29) is 0 Å². The molecule has 5 heteroatoms. The van der Waals surface area contributed by atoms with E-state index in [1.807, 2.05) is 19.9 Å². The Labute approximate surface area is 126 Å². The molecule has 1 aromatic heterocycles. The van der Waals surface area contributed by atoms with Gasteiger partial charge in [0.25, 0.3) is 0 Å². The van der Waals surface area contributed by atoms with Crippen LogP contribution in [0.25, 0.3) is 0 Å². The SMILES string of the molecule is CCC(=O)N1CCC[C@H]1[C@H]1CCCN1Cc1cc(C)on1. The number of rotatable bonds is 4. The summed E-state index contributed by atoms with van der Waals surface area (Å²) in [7, 11) is 0. The maximum atomic E-state index is 12.1. The van der Waals surface area contributed by atoms with Gasteiger partial charge in [-0.2, -0.15) is 0 Å². The summed E-state index contributed by atoms with van der Waals surface area (Å²) in [6, 6.07) is 2.90. The standard InChI is InChI=1S/C16H25N3O2/c1-3-16(20)19-9-5-7-15(19)14-6-4-8-18(14)11-13-10-12(2)21-17-13/h10,14-15H,3-9,11H2,1-2H3/t14-,15+/m1/s1. The average molecular weight is 291 g/mol. The van der Waals surface area contributed by atoms with Crippen LogP contribution in [0.2, 0.25) is 0 Å². The van der Waals surface area contributed by atoms with Crippen molar-refractivity contribution in [1.29, 1.82) is 0 Å². The first kappa shape index (κ1) is 14.6. The molecule has 3 heterocycles. The minimum atomic E-state index is 0.307. The van der Waals surface area contributed by atoms with Crippen LogP contribution in [0.4, 0.5) is 0 Å². The Balaban J connectivity index is 1.69. The molecule has 2 aliphatic rings. The largest absolute Gasteiger partial charge is 0.361 e. The van der Waals surface area contributed by atoms with Crippen LogP contribution in [0.3, 0.4) is 0 Å². The van der Waals surface area contributed by atoms with Gasteiger partial charge in [0.15, 0.2) is 0 Å². The number of amides is 1. The molecule has 21 heavy (non-hydrogen) atoms. The first-order valence-corrected chi connectivity index (χ1v) is 8.14. The van der Waals surface area contributed by atoms with Crippen molar-refractivity contribution in [3.05, 3.63) is 17.5 Å². The fourth-order valence-corrected chi connectivity index (χ4v) is 3.89. The maximum Gasteiger partial charge on any atom is 0.222 e. The number of hydrogen-bond acceptors (Lipinski definition) is 4. The van der Waals surface area contributed by atoms with Crippen LogP contribution >= 0.6 is 0 Å². The van der Waals surface area contributed by atoms with Crippen molar-refractivity contribution in [1.82, 2.24) is 15.0 Å². The Hall–Kier alpha value is -1.36. The number of carbonyl (C=O) groups excluding carboxylic acids is 1. The highest BCUT2D eigenvalue weighted by Crippen LogP contribution is 2.31. The van der Waals surface area contributed by atoms with Crippen molar-refractivity contribution in [2.24, 2.45) is 0 Å². The molecule has 1 amide bonds. The Bertz CT molecular complexity index is 499. The monoisotopic (exact) mass is 291 g/mol. The van der Waals surface area contributed by atoms with Crippen LogP contribution in [0.15, 0.2) is 10.6 Å². The summed E-state index contributed by atoms with van der Waals surface area (Å²) in [6.07, 6.45) is 5.31. The molecule has 1 aromatic rings. The van der Waals surface area contributed by atoms with Gasteiger partial charge in [-0.15, -0.1) is 0 Å². The van der Waals surface area contributed by atoms with Gasteiger partial charge < -0.3 is 9.42 Å². The summed E-state index contributed by atoms with van der Waals surface area (Å²) < 4.78 is 5.17. The molecule has 0 bridgehead atoms. The quantitative estimate of drug-likeness (QED) is 0.854. The summed E-state index contributed by atoms with van der Waals surface area (Å²) in [5.74, 6) is 1.17. The van der Waals surface area contributed by atoms with Crippen molar-refractivity contribution in [2.45, 2.75) is 64.6 Å². The second-order valence-electron chi connectivity index (χ2n) is 6.26. The van der Waals surface area contributed by atoms with Crippen LogP contribution in [0.1, 0.15) is 50.5 Å². The lowest BCUT2D eigenvalue weighted by molar-refractivity contribution is -0.132. The zero-order valence-electron chi connectivity index (χ0n) is 13.0. The lowest BCUT2D eigenvalue weighted by atomic mass is 10.0. The molecule has 0 spiro atoms. The van der Waals surface area contributed by atoms with Gasteiger partial charge >= 0.3 is 0 Å². The molecule has 0 unspecified atom stereocenters. The van der Waals surface area contributed by atoms with Gasteiger partial charge in [0.1, 0.15) is 5.76 Å². The number of aromatic nitrogens is 1. The molecule has 0 N–H and O–H groups in total. The van der Waals surface area contributed by atoms with Crippen LogP contribution < -0.4 is 0 Å². The van der Waals surface area contributed by atoms with Gasteiger partial charge in [0.2, 0.25) is 5.91 Å². The van der Waals surface area contributed by atoms with E-state index in [2.05, 4.69) is 15.0 Å². The predicted molar refractivity (Wildman–Crippen MR) is 79.7 cm³/mol. The third-order valence-electron chi connectivity index (χ3n) is 4.82. The summed E-state index contributed by atoms with van der Waals surface area (Å²) in [6.45, 7) is 6.76. The van der Waals surface area contributed by atoms with Crippen molar-refractivity contribution < 1.29 is 9.32 Å². The van der Waals surface area contributed by atoms with E-state index in [1.54, 1.807) is 0 Å². The van der Waals surface area contributed by atoms with Gasteiger partial charge in [-0.05, 0) is 39.2 Å². The van der Waals surface area contributed by atoms with E-state index in [0.29, 0.717) is 24.4 Å². The van der Waals surface area contributed by atoms with Gasteiger partial charge in [0, 0.05) is 37.7 Å². The molecule has 0 saturated carbocycles. The van der Waals surface area contributed by atoms with Gasteiger partial charge in [0.05, 0.1) is 5.69 Å². The highest BCUT2D eigenvalue weighted by atomic mass is 16.5. The number of likely N-dealkylation sites (tertiary alicyclic amines) is 2. The molecule has 0 radical (unpaired) electrons. The van der Waals surface area contributed by atoms with E-state index < -0.39 is 0 Å². The number of nitrogens with zero attached hydrogens (tertiary/aromatic N) is 3. The Morgan fingerprint density at radius 2 is 2.10 bits per heavy atom. The smallest absolute Gasteiger partial charge is 0.222 e. The highest BCUT2D eigenvalue weighted by molar-refractivity contribution is 5.76. The van der Waals surface area contributed by atoms with E-state index in [9.17, 15) is 4.79 Å². The van der Waals surface area contributed by atoms with E-state index >= 15 is 0 Å². The molecule has 2 fully saturated rings. The summed E-state index contributed by atoms with van der Waals surface area (Å²) in [5, 5.41) is 4.11. The normalized spacial score (nSPS) is 26.7. The summed E-state index contributed by atoms with van der Waals surface area (Å²) in [5.41, 5.74) is 1.01. The van der Waals surface area contributed by atoms with Crippen molar-refractivity contribution in [2.75, 3.05) is 13.1 Å². The first-order valence-electron chi connectivity index (χ1n) is 8.14. The topological polar surface area (TPSA) is 49.6 Å². The molecule has 0 aromatic carbocycles. The van der Waals surface area contributed by atoms with Gasteiger partial charge in [-0.3, -0.25) is 9.69 Å². The molecule has 2 aliphatic heterocycles.